The summed E-state index contributed by atoms with van der Waals surface area (Å²) in [5, 5.41) is 4.45. The van der Waals surface area contributed by atoms with Gasteiger partial charge in [-0.3, -0.25) is 4.68 Å². The molecule has 3 nitrogen and oxygen atoms in total. The van der Waals surface area contributed by atoms with Crippen LogP contribution in [0.5, 0.6) is 0 Å². The van der Waals surface area contributed by atoms with Crippen LogP contribution < -0.4 is 4.90 Å². The van der Waals surface area contributed by atoms with Gasteiger partial charge in [-0.1, -0.05) is 12.1 Å². The monoisotopic (exact) mass is 321 g/mol. The van der Waals surface area contributed by atoms with E-state index in [4.69, 9.17) is 0 Å². The van der Waals surface area contributed by atoms with E-state index >= 15 is 0 Å². The maximum atomic E-state index is 4.45. The number of anilines is 1. The van der Waals surface area contributed by atoms with Crippen LogP contribution in [-0.2, 0) is 13.6 Å². The minimum Gasteiger partial charge on any atom is -0.366 e. The third-order valence-electron chi connectivity index (χ3n) is 3.35. The van der Waals surface area contributed by atoms with Crippen molar-refractivity contribution in [1.29, 1.82) is 0 Å². The van der Waals surface area contributed by atoms with Gasteiger partial charge < -0.3 is 4.90 Å². The largest absolute Gasteiger partial charge is 0.366 e. The minimum atomic E-state index is 0.859. The van der Waals surface area contributed by atoms with Crippen LogP contribution in [0.25, 0.3) is 0 Å². The molecular weight excluding hydrogens is 302 g/mol. The maximum absolute atomic E-state index is 4.45. The number of halogens is 1. The molecule has 1 heterocycles. The molecule has 0 fully saturated rings. The molecule has 0 aliphatic carbocycles. The Labute approximate surface area is 123 Å². The van der Waals surface area contributed by atoms with Gasteiger partial charge in [0.15, 0.2) is 0 Å². The first kappa shape index (κ1) is 14.1. The summed E-state index contributed by atoms with van der Waals surface area (Å²) in [6.07, 6.45) is 0. The van der Waals surface area contributed by atoms with Crippen molar-refractivity contribution in [2.75, 3.05) is 11.4 Å². The molecule has 0 aliphatic rings. The number of aromatic nitrogens is 2. The van der Waals surface area contributed by atoms with E-state index in [-0.39, 0.29) is 0 Å². The van der Waals surface area contributed by atoms with Crippen LogP contribution in [0.1, 0.15) is 23.9 Å². The van der Waals surface area contributed by atoms with Gasteiger partial charge in [0.1, 0.15) is 0 Å². The number of benzene rings is 1. The summed E-state index contributed by atoms with van der Waals surface area (Å²) in [5.41, 5.74) is 4.79. The molecule has 0 saturated heterocycles. The standard InChI is InChI=1S/C15H20BrN3/c1-5-19(13-8-6-7-11(2)9-13)10-14-15(16)12(3)17-18(14)4/h6-9H,5,10H2,1-4H3. The lowest BCUT2D eigenvalue weighted by molar-refractivity contribution is 0.680. The van der Waals surface area contributed by atoms with Crippen molar-refractivity contribution in [1.82, 2.24) is 9.78 Å². The van der Waals surface area contributed by atoms with Gasteiger partial charge in [-0.2, -0.15) is 5.10 Å². The molecule has 0 aliphatic heterocycles. The Morgan fingerprint density at radius 3 is 2.58 bits per heavy atom. The summed E-state index contributed by atoms with van der Waals surface area (Å²) in [7, 11) is 2.00. The van der Waals surface area contributed by atoms with Gasteiger partial charge >= 0.3 is 0 Å². The second-order valence-electron chi connectivity index (χ2n) is 4.82. The molecule has 102 valence electrons. The van der Waals surface area contributed by atoms with E-state index in [1.165, 1.54) is 16.9 Å². The van der Waals surface area contributed by atoms with E-state index in [0.717, 1.165) is 23.3 Å². The number of nitrogens with zero attached hydrogens (tertiary/aromatic N) is 3. The highest BCUT2D eigenvalue weighted by Crippen LogP contribution is 2.24. The third-order valence-corrected chi connectivity index (χ3v) is 4.38. The zero-order chi connectivity index (χ0) is 14.0. The van der Waals surface area contributed by atoms with Crippen molar-refractivity contribution in [3.63, 3.8) is 0 Å². The molecule has 0 radical (unpaired) electrons. The molecule has 2 rings (SSSR count). The van der Waals surface area contributed by atoms with Crippen LogP contribution >= 0.6 is 15.9 Å². The Morgan fingerprint density at radius 2 is 2.05 bits per heavy atom. The van der Waals surface area contributed by atoms with Crippen LogP contribution in [0, 0.1) is 13.8 Å². The first-order chi connectivity index (χ1) is 9.02. The summed E-state index contributed by atoms with van der Waals surface area (Å²) in [5.74, 6) is 0. The van der Waals surface area contributed by atoms with E-state index in [1.807, 2.05) is 18.7 Å². The van der Waals surface area contributed by atoms with Gasteiger partial charge in [0.05, 0.1) is 22.4 Å². The average Bonchev–Trinajstić information content (AvgIpc) is 2.61. The number of rotatable bonds is 4. The molecule has 0 saturated carbocycles. The SMILES string of the molecule is CCN(Cc1c(Br)c(C)nn1C)c1cccc(C)c1. The molecule has 0 atom stereocenters. The normalized spacial score (nSPS) is 10.8. The van der Waals surface area contributed by atoms with E-state index in [2.05, 4.69) is 64.0 Å². The first-order valence-corrected chi connectivity index (χ1v) is 7.31. The third kappa shape index (κ3) is 3.00. The quantitative estimate of drug-likeness (QED) is 0.853. The summed E-state index contributed by atoms with van der Waals surface area (Å²) in [6.45, 7) is 8.16. The number of hydrogen-bond acceptors (Lipinski definition) is 2. The van der Waals surface area contributed by atoms with E-state index in [9.17, 15) is 0 Å². The van der Waals surface area contributed by atoms with E-state index in [0.29, 0.717) is 0 Å². The predicted molar refractivity (Wildman–Crippen MR) is 83.5 cm³/mol. The predicted octanol–water partition coefficient (Wildman–Crippen LogP) is 3.83. The molecule has 4 heteroatoms. The van der Waals surface area contributed by atoms with Crippen LogP contribution in [0.4, 0.5) is 5.69 Å². The van der Waals surface area contributed by atoms with Gasteiger partial charge in [-0.25, -0.2) is 0 Å². The first-order valence-electron chi connectivity index (χ1n) is 6.52. The van der Waals surface area contributed by atoms with Crippen molar-refractivity contribution >= 4 is 21.6 Å². The second kappa shape index (κ2) is 5.78. The van der Waals surface area contributed by atoms with E-state index < -0.39 is 0 Å². The fourth-order valence-electron chi connectivity index (χ4n) is 2.24. The Balaban J connectivity index is 2.29. The summed E-state index contributed by atoms with van der Waals surface area (Å²) in [4.78, 5) is 2.36. The zero-order valence-corrected chi connectivity index (χ0v) is 13.5. The van der Waals surface area contributed by atoms with Crippen LogP contribution in [0.3, 0.4) is 0 Å². The van der Waals surface area contributed by atoms with Gasteiger partial charge in [0.25, 0.3) is 0 Å². The van der Waals surface area contributed by atoms with Crippen molar-refractivity contribution in [3.05, 3.63) is 45.7 Å². The molecule has 2 aromatic rings. The average molecular weight is 322 g/mol. The fraction of sp³-hybridized carbons (Fsp3) is 0.400. The van der Waals surface area contributed by atoms with Crippen LogP contribution in [-0.4, -0.2) is 16.3 Å². The summed E-state index contributed by atoms with van der Waals surface area (Å²) < 4.78 is 3.07. The highest BCUT2D eigenvalue weighted by atomic mass is 79.9. The van der Waals surface area contributed by atoms with Gasteiger partial charge in [0, 0.05) is 19.3 Å². The van der Waals surface area contributed by atoms with Crippen LogP contribution in [0.2, 0.25) is 0 Å². The smallest absolute Gasteiger partial charge is 0.0739 e. The number of aryl methyl sites for hydroxylation is 3. The molecule has 0 N–H and O–H groups in total. The Kier molecular flexibility index (Phi) is 4.30. The molecule has 0 spiro atoms. The summed E-state index contributed by atoms with van der Waals surface area (Å²) in [6, 6.07) is 8.62. The fourth-order valence-corrected chi connectivity index (χ4v) is 2.70. The molecule has 0 bridgehead atoms. The number of hydrogen-bond donors (Lipinski definition) is 0. The van der Waals surface area contributed by atoms with E-state index in [1.54, 1.807) is 0 Å². The molecule has 0 amide bonds. The lowest BCUT2D eigenvalue weighted by Crippen LogP contribution is -2.23. The van der Waals surface area contributed by atoms with Crippen molar-refractivity contribution < 1.29 is 0 Å². The van der Waals surface area contributed by atoms with Crippen molar-refractivity contribution in [3.8, 4) is 0 Å². The maximum Gasteiger partial charge on any atom is 0.0739 e. The molecule has 1 aromatic heterocycles. The van der Waals surface area contributed by atoms with Crippen LogP contribution in [0.15, 0.2) is 28.7 Å². The van der Waals surface area contributed by atoms with Gasteiger partial charge in [-0.05, 0) is 54.4 Å². The molecule has 19 heavy (non-hydrogen) atoms. The Morgan fingerprint density at radius 1 is 1.32 bits per heavy atom. The second-order valence-corrected chi connectivity index (χ2v) is 5.62. The highest BCUT2D eigenvalue weighted by Gasteiger charge is 2.14. The highest BCUT2D eigenvalue weighted by molar-refractivity contribution is 9.10. The molecular formula is C15H20BrN3. The summed E-state index contributed by atoms with van der Waals surface area (Å²) >= 11 is 3.64. The lowest BCUT2D eigenvalue weighted by Gasteiger charge is -2.23. The molecule has 0 unspecified atom stereocenters. The topological polar surface area (TPSA) is 21.1 Å². The minimum absolute atomic E-state index is 0.859. The van der Waals surface area contributed by atoms with Gasteiger partial charge in [0.2, 0.25) is 0 Å². The zero-order valence-electron chi connectivity index (χ0n) is 11.9. The Bertz CT molecular complexity index is 575. The van der Waals surface area contributed by atoms with Crippen molar-refractivity contribution in [2.45, 2.75) is 27.3 Å². The van der Waals surface area contributed by atoms with Gasteiger partial charge in [-0.15, -0.1) is 0 Å². The lowest BCUT2D eigenvalue weighted by atomic mass is 10.2. The molecule has 1 aromatic carbocycles. The Hall–Kier alpha value is -1.29. The van der Waals surface area contributed by atoms with Crippen molar-refractivity contribution in [2.24, 2.45) is 7.05 Å².